The molecule has 0 spiro atoms. The first-order valence-electron chi connectivity index (χ1n) is 20.7. The van der Waals surface area contributed by atoms with Gasteiger partial charge in [-0.2, -0.15) is 0 Å². The Morgan fingerprint density at radius 3 is 1.86 bits per heavy atom. The first-order chi connectivity index (χ1) is 28.1. The fourth-order valence-corrected chi connectivity index (χ4v) is 8.13. The third kappa shape index (κ3) is 7.09. The first kappa shape index (κ1) is 38.1. The van der Waals surface area contributed by atoms with E-state index in [-0.39, 0.29) is 16.2 Å². The predicted molar refractivity (Wildman–Crippen MR) is 247 cm³/mol. The van der Waals surface area contributed by atoms with Crippen LogP contribution >= 0.6 is 0 Å². The molecule has 3 heterocycles. The molecule has 0 fully saturated rings. The van der Waals surface area contributed by atoms with Gasteiger partial charge in [-0.25, -0.2) is 9.97 Å². The Hall–Kier alpha value is -6.46. The Morgan fingerprint density at radius 2 is 1.12 bits per heavy atom. The van der Waals surface area contributed by atoms with E-state index in [1.165, 1.54) is 16.5 Å². The zero-order valence-corrected chi connectivity index (χ0v) is 35.6. The fraction of sp³-hybridized carbons (Fsp3) is 0.222. The van der Waals surface area contributed by atoms with Crippen molar-refractivity contribution in [2.24, 2.45) is 0 Å². The van der Waals surface area contributed by atoms with Crippen molar-refractivity contribution < 1.29 is 4.74 Å². The van der Waals surface area contributed by atoms with Gasteiger partial charge < -0.3 is 4.74 Å². The molecule has 0 radical (unpaired) electrons. The van der Waals surface area contributed by atoms with Gasteiger partial charge in [-0.15, -0.1) is 0 Å². The third-order valence-electron chi connectivity index (χ3n) is 11.5. The van der Waals surface area contributed by atoms with Gasteiger partial charge in [0.05, 0.1) is 27.8 Å². The summed E-state index contributed by atoms with van der Waals surface area (Å²) in [5.74, 6) is 3.26. The Balaban J connectivity index is 1.22. The summed E-state index contributed by atoms with van der Waals surface area (Å²) in [6, 6.07) is 51.9. The molecule has 59 heavy (non-hydrogen) atoms. The van der Waals surface area contributed by atoms with Gasteiger partial charge in [0, 0.05) is 34.2 Å². The second-order valence-electron chi connectivity index (χ2n) is 18.9. The van der Waals surface area contributed by atoms with Gasteiger partial charge in [-0.1, -0.05) is 129 Å². The monoisotopic (exact) mass is 772 g/mol. The van der Waals surface area contributed by atoms with Gasteiger partial charge in [-0.05, 0) is 111 Å². The van der Waals surface area contributed by atoms with Crippen LogP contribution in [0.15, 0.2) is 152 Å². The number of hydrogen-bond donors (Lipinski definition) is 0. The van der Waals surface area contributed by atoms with Gasteiger partial charge >= 0.3 is 0 Å². The van der Waals surface area contributed by atoms with Crippen molar-refractivity contribution in [2.75, 3.05) is 0 Å². The summed E-state index contributed by atoms with van der Waals surface area (Å²) in [7, 11) is 0. The van der Waals surface area contributed by atoms with Crippen LogP contribution in [0.25, 0.3) is 66.9 Å². The van der Waals surface area contributed by atoms with Crippen LogP contribution in [0.1, 0.15) is 79.0 Å². The highest BCUT2D eigenvalue weighted by Gasteiger charge is 2.24. The van der Waals surface area contributed by atoms with Crippen molar-refractivity contribution >= 4 is 32.8 Å². The maximum absolute atomic E-state index is 6.94. The maximum atomic E-state index is 6.94. The molecule has 5 heteroatoms. The molecule has 5 nitrogen and oxygen atoms in total. The lowest BCUT2D eigenvalue weighted by Gasteiger charge is -2.24. The molecule has 0 bridgehead atoms. The smallest absolute Gasteiger partial charge is 0.145 e. The van der Waals surface area contributed by atoms with E-state index < -0.39 is 0 Å². The zero-order chi connectivity index (χ0) is 41.3. The van der Waals surface area contributed by atoms with E-state index >= 15 is 0 Å². The molecule has 0 aliphatic heterocycles. The highest BCUT2D eigenvalue weighted by atomic mass is 16.5. The van der Waals surface area contributed by atoms with Gasteiger partial charge in [0.25, 0.3) is 0 Å². The highest BCUT2D eigenvalue weighted by molar-refractivity contribution is 6.09. The number of aromatic nitrogens is 4. The number of imidazole rings is 1. The second-order valence-corrected chi connectivity index (χ2v) is 18.9. The van der Waals surface area contributed by atoms with E-state index in [2.05, 4.69) is 217 Å². The summed E-state index contributed by atoms with van der Waals surface area (Å²) in [5, 5.41) is 2.33. The maximum Gasteiger partial charge on any atom is 0.145 e. The first-order valence-corrected chi connectivity index (χ1v) is 20.7. The number of para-hydroxylation sites is 3. The average molecular weight is 773 g/mol. The highest BCUT2D eigenvalue weighted by Crippen LogP contribution is 2.41. The number of ether oxygens (including phenoxy) is 1. The van der Waals surface area contributed by atoms with Crippen LogP contribution in [-0.2, 0) is 16.2 Å². The van der Waals surface area contributed by atoms with E-state index in [9.17, 15) is 0 Å². The average Bonchev–Trinajstić information content (AvgIpc) is 3.76. The molecule has 9 rings (SSSR count). The minimum Gasteiger partial charge on any atom is -0.457 e. The molecule has 0 N–H and O–H groups in total. The molecule has 0 saturated carbocycles. The van der Waals surface area contributed by atoms with Crippen LogP contribution in [0.3, 0.4) is 0 Å². The quantitative estimate of drug-likeness (QED) is 0.169. The van der Waals surface area contributed by atoms with Gasteiger partial charge in [-0.3, -0.25) is 9.13 Å². The molecule has 0 aliphatic rings. The molecular weight excluding hydrogens is 721 g/mol. The van der Waals surface area contributed by atoms with Crippen molar-refractivity contribution in [2.45, 2.75) is 78.6 Å². The van der Waals surface area contributed by atoms with Crippen molar-refractivity contribution in [3.8, 4) is 45.5 Å². The van der Waals surface area contributed by atoms with Gasteiger partial charge in [0.15, 0.2) is 0 Å². The van der Waals surface area contributed by atoms with Crippen LogP contribution < -0.4 is 4.74 Å². The van der Waals surface area contributed by atoms with Crippen molar-refractivity contribution in [1.29, 1.82) is 0 Å². The van der Waals surface area contributed by atoms with Gasteiger partial charge in [0.2, 0.25) is 0 Å². The van der Waals surface area contributed by atoms with E-state index in [1.807, 2.05) is 6.20 Å². The number of rotatable bonds is 6. The summed E-state index contributed by atoms with van der Waals surface area (Å²) in [5.41, 5.74) is 12.0. The van der Waals surface area contributed by atoms with Crippen LogP contribution in [0, 0.1) is 0 Å². The lowest BCUT2D eigenvalue weighted by atomic mass is 9.84. The Morgan fingerprint density at radius 1 is 0.458 bits per heavy atom. The summed E-state index contributed by atoms with van der Waals surface area (Å²) >= 11 is 0. The van der Waals surface area contributed by atoms with Crippen LogP contribution in [-0.4, -0.2) is 19.1 Å². The van der Waals surface area contributed by atoms with E-state index in [0.717, 1.165) is 78.5 Å². The molecular formula is C54H52N4O. The van der Waals surface area contributed by atoms with E-state index in [0.29, 0.717) is 0 Å². The minimum atomic E-state index is -0.158. The van der Waals surface area contributed by atoms with Crippen molar-refractivity contribution in [3.05, 3.63) is 168 Å². The van der Waals surface area contributed by atoms with Crippen molar-refractivity contribution in [1.82, 2.24) is 19.1 Å². The second kappa shape index (κ2) is 14.1. The van der Waals surface area contributed by atoms with E-state index in [4.69, 9.17) is 14.7 Å². The molecule has 0 saturated heterocycles. The summed E-state index contributed by atoms with van der Waals surface area (Å²) in [6.45, 7) is 20.3. The lowest BCUT2D eigenvalue weighted by molar-refractivity contribution is 0.479. The SMILES string of the molecule is CC(C)(C)c1cc(Oc2ccc3c4ccccc4n(-c4cc(C(C)(C)C)ccn4)c3c2)cc(-c2nc3ccccc3n2-c2ccc(C(C)(C)C)cc2-c2ccccc2)c1. The summed E-state index contributed by atoms with van der Waals surface area (Å²) in [6.07, 6.45) is 1.92. The summed E-state index contributed by atoms with van der Waals surface area (Å²) in [4.78, 5) is 10.3. The van der Waals surface area contributed by atoms with Crippen LogP contribution in [0.5, 0.6) is 11.5 Å². The molecule has 294 valence electrons. The molecule has 0 aliphatic carbocycles. The van der Waals surface area contributed by atoms with Gasteiger partial charge in [0.1, 0.15) is 23.1 Å². The Labute approximate surface area is 348 Å². The molecule has 3 aromatic heterocycles. The molecule has 0 atom stereocenters. The lowest BCUT2D eigenvalue weighted by Crippen LogP contribution is -2.12. The Bertz CT molecular complexity index is 3020. The van der Waals surface area contributed by atoms with E-state index in [1.54, 1.807) is 0 Å². The third-order valence-corrected chi connectivity index (χ3v) is 11.5. The largest absolute Gasteiger partial charge is 0.457 e. The van der Waals surface area contributed by atoms with Crippen molar-refractivity contribution in [3.63, 3.8) is 0 Å². The molecule has 0 amide bonds. The zero-order valence-electron chi connectivity index (χ0n) is 35.6. The number of fused-ring (bicyclic) bond motifs is 4. The normalized spacial score (nSPS) is 12.5. The summed E-state index contributed by atoms with van der Waals surface area (Å²) < 4.78 is 11.5. The number of pyridine rings is 1. The number of hydrogen-bond acceptors (Lipinski definition) is 3. The Kier molecular flexibility index (Phi) is 9.12. The standard InChI is InChI=1S/C54H52N4O/c1-52(2,3)37-23-26-47(44(32-37)35-17-11-10-12-18-35)58-48-22-16-14-20-45(48)56-51(58)36-29-39(54(7,8)9)31-41(30-36)59-40-24-25-43-42-19-13-15-21-46(42)57(49(43)34-40)50-33-38(27-28-55-50)53(4,5)6/h10-34H,1-9H3. The minimum absolute atomic E-state index is 0.0138. The number of nitrogens with zero attached hydrogens (tertiary/aromatic N) is 4. The molecule has 0 unspecified atom stereocenters. The molecule has 9 aromatic rings. The molecule has 6 aromatic carbocycles. The van der Waals surface area contributed by atoms with Crippen LogP contribution in [0.2, 0.25) is 0 Å². The fourth-order valence-electron chi connectivity index (χ4n) is 8.13. The topological polar surface area (TPSA) is 44.9 Å². The number of benzene rings is 6. The van der Waals surface area contributed by atoms with Crippen LogP contribution in [0.4, 0.5) is 0 Å². The predicted octanol–water partition coefficient (Wildman–Crippen LogP) is 14.5.